The van der Waals surface area contributed by atoms with Crippen molar-refractivity contribution in [2.75, 3.05) is 19.7 Å². The van der Waals surface area contributed by atoms with Gasteiger partial charge >= 0.3 is 0 Å². The highest BCUT2D eigenvalue weighted by molar-refractivity contribution is 6.35. The molecule has 0 spiro atoms. The molecule has 3 N–H and O–H groups in total. The smallest absolute Gasteiger partial charge is 0.257 e. The summed E-state index contributed by atoms with van der Waals surface area (Å²) in [6.45, 7) is 1.04. The molecule has 22 heavy (non-hydrogen) atoms. The third-order valence-corrected chi connectivity index (χ3v) is 3.07. The van der Waals surface area contributed by atoms with Crippen LogP contribution in [0.15, 0.2) is 30.5 Å². The quantitative estimate of drug-likeness (QED) is 0.770. The molecule has 1 heterocycles. The molecule has 0 saturated carbocycles. The van der Waals surface area contributed by atoms with E-state index >= 15 is 0 Å². The molecule has 1 aromatic carbocycles. The Morgan fingerprint density at radius 3 is 2.82 bits per heavy atom. The lowest BCUT2D eigenvalue weighted by atomic mass is 10.2. The summed E-state index contributed by atoms with van der Waals surface area (Å²) < 4.78 is 5.50. The Morgan fingerprint density at radius 1 is 1.32 bits per heavy atom. The fourth-order valence-electron chi connectivity index (χ4n) is 1.75. The number of nitrogens with one attached hydrogen (secondary N) is 1. The predicted molar refractivity (Wildman–Crippen MR) is 93.4 cm³/mol. The predicted octanol–water partition coefficient (Wildman–Crippen LogP) is 2.58. The second-order valence-corrected chi connectivity index (χ2v) is 4.63. The summed E-state index contributed by atoms with van der Waals surface area (Å²) >= 11 is 6.09. The van der Waals surface area contributed by atoms with E-state index < -0.39 is 0 Å². The zero-order valence-corrected chi connectivity index (χ0v) is 14.1. The number of hydrogen-bond acceptors (Lipinski definition) is 4. The van der Waals surface area contributed by atoms with Gasteiger partial charge in [0, 0.05) is 18.1 Å². The molecule has 0 atom stereocenters. The molecule has 0 aliphatic rings. The Kier molecular flexibility index (Phi) is 9.85. The second kappa shape index (κ2) is 10.5. The fraction of sp³-hybridized carbons (Fsp3) is 0.286. The molecule has 2 rings (SSSR count). The van der Waals surface area contributed by atoms with Crippen molar-refractivity contribution < 1.29 is 9.53 Å². The van der Waals surface area contributed by atoms with E-state index in [1.165, 1.54) is 0 Å². The average molecular weight is 367 g/mol. The van der Waals surface area contributed by atoms with Gasteiger partial charge in [-0.1, -0.05) is 11.6 Å². The van der Waals surface area contributed by atoms with Crippen LogP contribution in [-0.2, 0) is 4.79 Å². The van der Waals surface area contributed by atoms with E-state index in [9.17, 15) is 4.79 Å². The van der Waals surface area contributed by atoms with Crippen molar-refractivity contribution >= 4 is 53.2 Å². The number of benzene rings is 1. The number of aromatic nitrogens is 1. The summed E-state index contributed by atoms with van der Waals surface area (Å²) in [5.74, 6) is 0.358. The molecule has 5 nitrogen and oxygen atoms in total. The topological polar surface area (TPSA) is 77.2 Å². The summed E-state index contributed by atoms with van der Waals surface area (Å²) in [5, 5.41) is 4.13. The molecule has 0 aliphatic heterocycles. The van der Waals surface area contributed by atoms with E-state index in [4.69, 9.17) is 22.1 Å². The van der Waals surface area contributed by atoms with Gasteiger partial charge in [0.05, 0.1) is 5.02 Å². The standard InChI is InChI=1S/C14H16ClN3O2.2ClH/c15-11-4-5-12(14-10(11)3-1-7-18-14)20-9-13(19)17-8-2-6-16;;/h1,3-5,7H,2,6,8-9,16H2,(H,17,19);2*1H. The van der Waals surface area contributed by atoms with Crippen LogP contribution in [0.4, 0.5) is 0 Å². The van der Waals surface area contributed by atoms with Crippen LogP contribution in [0, 0.1) is 0 Å². The van der Waals surface area contributed by atoms with Crippen molar-refractivity contribution in [3.8, 4) is 5.75 Å². The van der Waals surface area contributed by atoms with Crippen molar-refractivity contribution in [1.29, 1.82) is 0 Å². The zero-order chi connectivity index (χ0) is 14.4. The molecule has 0 radical (unpaired) electrons. The van der Waals surface area contributed by atoms with Gasteiger partial charge in [-0.25, -0.2) is 0 Å². The molecular formula is C14H18Cl3N3O2. The lowest BCUT2D eigenvalue weighted by Gasteiger charge is -2.09. The highest BCUT2D eigenvalue weighted by atomic mass is 35.5. The van der Waals surface area contributed by atoms with Crippen LogP contribution in [-0.4, -0.2) is 30.6 Å². The number of hydrogen-bond donors (Lipinski definition) is 2. The number of carbonyl (C=O) groups excluding carboxylic acids is 1. The van der Waals surface area contributed by atoms with Crippen LogP contribution in [0.25, 0.3) is 10.9 Å². The number of nitrogens with two attached hydrogens (primary N) is 1. The molecule has 8 heteroatoms. The van der Waals surface area contributed by atoms with Crippen molar-refractivity contribution in [1.82, 2.24) is 10.3 Å². The summed E-state index contributed by atoms with van der Waals surface area (Å²) in [7, 11) is 0. The molecule has 0 unspecified atom stereocenters. The summed E-state index contributed by atoms with van der Waals surface area (Å²) in [6.07, 6.45) is 2.41. The SMILES string of the molecule is Cl.Cl.NCCCNC(=O)COc1ccc(Cl)c2cccnc12. The largest absolute Gasteiger partial charge is 0.481 e. The zero-order valence-electron chi connectivity index (χ0n) is 11.8. The van der Waals surface area contributed by atoms with E-state index in [0.29, 0.717) is 29.4 Å². The van der Waals surface area contributed by atoms with Gasteiger partial charge in [-0.3, -0.25) is 9.78 Å². The molecule has 1 aromatic heterocycles. The number of halogens is 3. The highest BCUT2D eigenvalue weighted by Gasteiger charge is 2.08. The summed E-state index contributed by atoms with van der Waals surface area (Å²) in [4.78, 5) is 15.8. The number of nitrogens with zero attached hydrogens (tertiary/aromatic N) is 1. The monoisotopic (exact) mass is 365 g/mol. The molecular weight excluding hydrogens is 349 g/mol. The summed E-state index contributed by atoms with van der Waals surface area (Å²) in [6, 6.07) is 7.11. The van der Waals surface area contributed by atoms with E-state index in [-0.39, 0.29) is 37.3 Å². The number of carbonyl (C=O) groups is 1. The first-order valence-electron chi connectivity index (χ1n) is 6.35. The summed E-state index contributed by atoms with van der Waals surface area (Å²) in [5.41, 5.74) is 6.00. The minimum Gasteiger partial charge on any atom is -0.481 e. The molecule has 2 aromatic rings. The van der Waals surface area contributed by atoms with Crippen molar-refractivity contribution in [3.05, 3.63) is 35.5 Å². The lowest BCUT2D eigenvalue weighted by Crippen LogP contribution is -2.30. The molecule has 0 aliphatic carbocycles. The molecule has 0 fully saturated rings. The molecule has 122 valence electrons. The van der Waals surface area contributed by atoms with E-state index in [2.05, 4.69) is 10.3 Å². The average Bonchev–Trinajstić information content (AvgIpc) is 2.47. The number of fused-ring (bicyclic) bond motifs is 1. The maximum atomic E-state index is 11.6. The van der Waals surface area contributed by atoms with Crippen LogP contribution in [0.3, 0.4) is 0 Å². The van der Waals surface area contributed by atoms with Crippen LogP contribution in [0.2, 0.25) is 5.02 Å². The van der Waals surface area contributed by atoms with Crippen molar-refractivity contribution in [2.45, 2.75) is 6.42 Å². The number of rotatable bonds is 6. The van der Waals surface area contributed by atoms with Gasteiger partial charge in [0.25, 0.3) is 5.91 Å². The molecule has 1 amide bonds. The second-order valence-electron chi connectivity index (χ2n) is 4.23. The minimum atomic E-state index is -0.183. The van der Waals surface area contributed by atoms with Crippen LogP contribution in [0.5, 0.6) is 5.75 Å². The lowest BCUT2D eigenvalue weighted by molar-refractivity contribution is -0.123. The van der Waals surface area contributed by atoms with Crippen LogP contribution < -0.4 is 15.8 Å². The van der Waals surface area contributed by atoms with Gasteiger partial charge in [0.2, 0.25) is 0 Å². The Morgan fingerprint density at radius 2 is 2.09 bits per heavy atom. The third kappa shape index (κ3) is 5.50. The van der Waals surface area contributed by atoms with Crippen LogP contribution >= 0.6 is 36.4 Å². The first-order valence-corrected chi connectivity index (χ1v) is 6.73. The van der Waals surface area contributed by atoms with Crippen molar-refractivity contribution in [2.24, 2.45) is 5.73 Å². The maximum absolute atomic E-state index is 11.6. The first-order chi connectivity index (χ1) is 9.72. The number of pyridine rings is 1. The van der Waals surface area contributed by atoms with Crippen molar-refractivity contribution in [3.63, 3.8) is 0 Å². The maximum Gasteiger partial charge on any atom is 0.257 e. The molecule has 0 bridgehead atoms. The minimum absolute atomic E-state index is 0. The Balaban J connectivity index is 0.00000220. The van der Waals surface area contributed by atoms with E-state index in [0.717, 1.165) is 11.8 Å². The molecule has 0 saturated heterocycles. The normalized spacial score (nSPS) is 9.55. The van der Waals surface area contributed by atoms with Crippen LogP contribution in [0.1, 0.15) is 6.42 Å². The first kappa shape index (κ1) is 20.7. The van der Waals surface area contributed by atoms with E-state index in [1.54, 1.807) is 24.4 Å². The Hall–Kier alpha value is -1.27. The van der Waals surface area contributed by atoms with Gasteiger partial charge in [0.15, 0.2) is 6.61 Å². The van der Waals surface area contributed by atoms with Gasteiger partial charge in [0.1, 0.15) is 11.3 Å². The van der Waals surface area contributed by atoms with Gasteiger partial charge in [-0.05, 0) is 37.2 Å². The van der Waals surface area contributed by atoms with Gasteiger partial charge in [-0.15, -0.1) is 24.8 Å². The third-order valence-electron chi connectivity index (χ3n) is 2.74. The van der Waals surface area contributed by atoms with Gasteiger partial charge < -0.3 is 15.8 Å². The van der Waals surface area contributed by atoms with Gasteiger partial charge in [-0.2, -0.15) is 0 Å². The van der Waals surface area contributed by atoms with E-state index in [1.807, 2.05) is 6.07 Å². The highest BCUT2D eigenvalue weighted by Crippen LogP contribution is 2.29. The fourth-order valence-corrected chi connectivity index (χ4v) is 1.97. The number of ether oxygens (including phenoxy) is 1. The Bertz CT molecular complexity index is 611. The number of amides is 1. The Labute approximate surface area is 146 Å².